The molecule has 1 N–H and O–H groups in total. The highest BCUT2D eigenvalue weighted by atomic mass is 35.5. The van der Waals surface area contributed by atoms with Crippen LogP contribution in [0.3, 0.4) is 0 Å². The monoisotopic (exact) mass is 369 g/mol. The van der Waals surface area contributed by atoms with Crippen molar-refractivity contribution in [3.63, 3.8) is 0 Å². The summed E-state index contributed by atoms with van der Waals surface area (Å²) in [6, 6.07) is 5.84. The fourth-order valence-electron chi connectivity index (χ4n) is 2.06. The van der Waals surface area contributed by atoms with Gasteiger partial charge in [-0.2, -0.15) is 18.3 Å². The molecule has 0 unspecified atom stereocenters. The number of hydrogen-bond donors (Lipinski definition) is 1. The third-order valence-corrected chi connectivity index (χ3v) is 5.31. The summed E-state index contributed by atoms with van der Waals surface area (Å²) in [5.41, 5.74) is 1.10. The summed E-state index contributed by atoms with van der Waals surface area (Å²) in [4.78, 5) is 0. The average molecular weight is 370 g/mol. The summed E-state index contributed by atoms with van der Waals surface area (Å²) in [7, 11) is -4.03. The molecule has 0 atom stereocenters. The van der Waals surface area contributed by atoms with Crippen LogP contribution in [0.2, 0.25) is 5.02 Å². The Labute approximate surface area is 137 Å². The number of rotatable bonds is 5. The van der Waals surface area contributed by atoms with Crippen LogP contribution >= 0.6 is 11.6 Å². The zero-order chi connectivity index (χ0) is 17.1. The zero-order valence-electron chi connectivity index (χ0n) is 12.0. The summed E-state index contributed by atoms with van der Waals surface area (Å²) in [5.74, 6) is -1.18. The normalized spacial score (nSPS) is 17.5. The molecular formula is C13H15ClF3N3O2S. The van der Waals surface area contributed by atoms with Crippen molar-refractivity contribution >= 4 is 33.0 Å². The number of anilines is 1. The van der Waals surface area contributed by atoms with Crippen molar-refractivity contribution in [1.29, 1.82) is 0 Å². The zero-order valence-corrected chi connectivity index (χ0v) is 13.5. The van der Waals surface area contributed by atoms with Crippen molar-refractivity contribution in [3.8, 4) is 0 Å². The standard InChI is InChI=1S/C13H15ClF3N3O2S/c14-10-3-5-11(6-4-10)18-19-12(13(15,16)17)9-23(21,22)20-7-1-2-8-20/h3-6,18H,1-2,7-9H2/b19-12-. The van der Waals surface area contributed by atoms with Crippen LogP contribution in [0.15, 0.2) is 29.4 Å². The molecule has 1 saturated heterocycles. The molecule has 5 nitrogen and oxygen atoms in total. The van der Waals surface area contributed by atoms with E-state index in [1.807, 2.05) is 0 Å². The minimum Gasteiger partial charge on any atom is -0.278 e. The average Bonchev–Trinajstić information content (AvgIpc) is 2.99. The molecule has 1 aliphatic heterocycles. The van der Waals surface area contributed by atoms with Gasteiger partial charge >= 0.3 is 6.18 Å². The smallest absolute Gasteiger partial charge is 0.278 e. The lowest BCUT2D eigenvalue weighted by Crippen LogP contribution is -2.38. The molecule has 128 valence electrons. The van der Waals surface area contributed by atoms with E-state index in [1.165, 1.54) is 24.3 Å². The summed E-state index contributed by atoms with van der Waals surface area (Å²) in [5, 5.41) is 3.67. The largest absolute Gasteiger partial charge is 0.432 e. The first-order valence-corrected chi connectivity index (χ1v) is 8.80. The number of hydrogen-bond acceptors (Lipinski definition) is 4. The van der Waals surface area contributed by atoms with Gasteiger partial charge in [0.25, 0.3) is 0 Å². The Bertz CT molecular complexity index is 669. The van der Waals surface area contributed by atoms with Crippen molar-refractivity contribution in [2.45, 2.75) is 19.0 Å². The van der Waals surface area contributed by atoms with E-state index in [4.69, 9.17) is 11.6 Å². The van der Waals surface area contributed by atoms with E-state index in [2.05, 4.69) is 10.5 Å². The van der Waals surface area contributed by atoms with E-state index in [9.17, 15) is 21.6 Å². The van der Waals surface area contributed by atoms with E-state index < -0.39 is 27.7 Å². The maximum Gasteiger partial charge on any atom is 0.432 e. The lowest BCUT2D eigenvalue weighted by atomic mass is 10.3. The maximum atomic E-state index is 13.0. The van der Waals surface area contributed by atoms with Gasteiger partial charge in [-0.1, -0.05) is 11.6 Å². The number of hydrazone groups is 1. The third-order valence-electron chi connectivity index (χ3n) is 3.27. The van der Waals surface area contributed by atoms with Gasteiger partial charge < -0.3 is 0 Å². The van der Waals surface area contributed by atoms with Gasteiger partial charge in [-0.3, -0.25) is 5.43 Å². The highest BCUT2D eigenvalue weighted by Gasteiger charge is 2.40. The minimum absolute atomic E-state index is 0.248. The van der Waals surface area contributed by atoms with Gasteiger partial charge in [-0.15, -0.1) is 0 Å². The van der Waals surface area contributed by atoms with Crippen LogP contribution in [0, 0.1) is 0 Å². The molecule has 0 radical (unpaired) electrons. The van der Waals surface area contributed by atoms with Gasteiger partial charge in [-0.25, -0.2) is 12.7 Å². The van der Waals surface area contributed by atoms with Crippen molar-refractivity contribution in [2.75, 3.05) is 24.3 Å². The molecule has 1 aromatic carbocycles. The van der Waals surface area contributed by atoms with E-state index in [0.29, 0.717) is 17.9 Å². The second-order valence-corrected chi connectivity index (χ2v) is 7.44. The number of alkyl halides is 3. The number of halogens is 4. The second-order valence-electron chi connectivity index (χ2n) is 5.04. The van der Waals surface area contributed by atoms with Crippen molar-refractivity contribution in [3.05, 3.63) is 29.3 Å². The molecule has 0 saturated carbocycles. The Morgan fingerprint density at radius 2 is 1.78 bits per heavy atom. The molecule has 0 aromatic heterocycles. The minimum atomic E-state index is -4.84. The van der Waals surface area contributed by atoms with E-state index in [1.54, 1.807) is 0 Å². The van der Waals surface area contributed by atoms with E-state index in [-0.39, 0.29) is 18.8 Å². The highest BCUT2D eigenvalue weighted by molar-refractivity contribution is 7.89. The number of nitrogens with one attached hydrogen (secondary N) is 1. The second kappa shape index (κ2) is 7.06. The molecular weight excluding hydrogens is 355 g/mol. The number of nitrogens with zero attached hydrogens (tertiary/aromatic N) is 2. The molecule has 0 bridgehead atoms. The molecule has 1 heterocycles. The van der Waals surface area contributed by atoms with Crippen LogP contribution in [-0.2, 0) is 10.0 Å². The van der Waals surface area contributed by atoms with Crippen LogP contribution in [0.25, 0.3) is 0 Å². The highest BCUT2D eigenvalue weighted by Crippen LogP contribution is 2.22. The van der Waals surface area contributed by atoms with Crippen LogP contribution in [0.1, 0.15) is 12.8 Å². The fourth-order valence-corrected chi connectivity index (χ4v) is 3.76. The van der Waals surface area contributed by atoms with Gasteiger partial charge in [-0.05, 0) is 37.1 Å². The molecule has 2 rings (SSSR count). The van der Waals surface area contributed by atoms with Crippen LogP contribution < -0.4 is 5.43 Å². The quantitative estimate of drug-likeness (QED) is 0.641. The first kappa shape index (κ1) is 18.0. The maximum absolute atomic E-state index is 13.0. The predicted molar refractivity (Wildman–Crippen MR) is 83.2 cm³/mol. The molecule has 0 amide bonds. The van der Waals surface area contributed by atoms with Gasteiger partial charge in [0.1, 0.15) is 5.75 Å². The Morgan fingerprint density at radius 3 is 2.30 bits per heavy atom. The first-order chi connectivity index (χ1) is 10.7. The SMILES string of the molecule is O=S(=O)(C/C(=N/Nc1ccc(Cl)cc1)C(F)(F)F)N1CCCC1. The first-order valence-electron chi connectivity index (χ1n) is 6.82. The topological polar surface area (TPSA) is 61.8 Å². The van der Waals surface area contributed by atoms with Crippen LogP contribution in [0.4, 0.5) is 18.9 Å². The molecule has 10 heteroatoms. The van der Waals surface area contributed by atoms with Crippen LogP contribution in [0.5, 0.6) is 0 Å². The molecule has 23 heavy (non-hydrogen) atoms. The van der Waals surface area contributed by atoms with Crippen molar-refractivity contribution in [1.82, 2.24) is 4.31 Å². The summed E-state index contributed by atoms with van der Waals surface area (Å²) in [6.45, 7) is 0.496. The lowest BCUT2D eigenvalue weighted by molar-refractivity contribution is -0.0591. The van der Waals surface area contributed by atoms with Gasteiger partial charge in [0, 0.05) is 18.1 Å². The Hall–Kier alpha value is -1.32. The van der Waals surface area contributed by atoms with Crippen LogP contribution in [-0.4, -0.2) is 43.5 Å². The summed E-state index contributed by atoms with van der Waals surface area (Å²) >= 11 is 5.68. The van der Waals surface area contributed by atoms with E-state index >= 15 is 0 Å². The van der Waals surface area contributed by atoms with Gasteiger partial charge in [0.2, 0.25) is 10.0 Å². The summed E-state index contributed by atoms with van der Waals surface area (Å²) < 4.78 is 64.2. The molecule has 0 spiro atoms. The molecule has 0 aliphatic carbocycles. The number of sulfonamides is 1. The molecule has 1 aliphatic rings. The molecule has 1 fully saturated rings. The molecule has 1 aromatic rings. The predicted octanol–water partition coefficient (Wildman–Crippen LogP) is 3.10. The van der Waals surface area contributed by atoms with Crippen molar-refractivity contribution < 1.29 is 21.6 Å². The number of benzene rings is 1. The van der Waals surface area contributed by atoms with E-state index in [0.717, 1.165) is 4.31 Å². The van der Waals surface area contributed by atoms with Gasteiger partial charge in [0.15, 0.2) is 5.71 Å². The fraction of sp³-hybridized carbons (Fsp3) is 0.462. The summed E-state index contributed by atoms with van der Waals surface area (Å²) in [6.07, 6.45) is -3.53. The van der Waals surface area contributed by atoms with Gasteiger partial charge in [0.05, 0.1) is 5.69 Å². The Balaban J connectivity index is 2.16. The Morgan fingerprint density at radius 1 is 1.22 bits per heavy atom. The van der Waals surface area contributed by atoms with Crippen molar-refractivity contribution in [2.24, 2.45) is 5.10 Å². The Kier molecular flexibility index (Phi) is 5.53. The lowest BCUT2D eigenvalue weighted by Gasteiger charge is -2.17. The third kappa shape index (κ3) is 5.08.